The molecule has 0 aromatic heterocycles. The zero-order valence-electron chi connectivity index (χ0n) is 5.88. The van der Waals surface area contributed by atoms with E-state index in [0.29, 0.717) is 0 Å². The number of alkyl halides is 5. The molecular weight excluding hydrogens is 181 g/mol. The second-order valence-electron chi connectivity index (χ2n) is 2.43. The van der Waals surface area contributed by atoms with Crippen LogP contribution in [-0.2, 0) is 0 Å². The van der Waals surface area contributed by atoms with Gasteiger partial charge >= 0.3 is 12.1 Å². The Hall–Kier alpha value is -0.650. The van der Waals surface area contributed by atoms with Crippen molar-refractivity contribution in [2.75, 3.05) is 13.1 Å². The molecule has 6 heteroatoms. The summed E-state index contributed by atoms with van der Waals surface area (Å²) in [5.41, 5.74) is -0.894. The Balaban J connectivity index is 2.84. The molecule has 0 atom stereocenters. The summed E-state index contributed by atoms with van der Waals surface area (Å²) in [5, 5.41) is 2.38. The molecule has 0 spiro atoms. The molecular formula is C6H6F5N. The van der Waals surface area contributed by atoms with Crippen LogP contribution in [0.25, 0.3) is 0 Å². The van der Waals surface area contributed by atoms with Gasteiger partial charge in [0.15, 0.2) is 0 Å². The van der Waals surface area contributed by atoms with E-state index in [1.54, 1.807) is 0 Å². The van der Waals surface area contributed by atoms with Crippen LogP contribution < -0.4 is 5.32 Å². The van der Waals surface area contributed by atoms with E-state index in [1.807, 2.05) is 0 Å². The van der Waals surface area contributed by atoms with Crippen molar-refractivity contribution in [3.8, 4) is 0 Å². The maximum absolute atomic E-state index is 12.4. The Labute approximate surface area is 65.2 Å². The minimum absolute atomic E-state index is 0.0704. The largest absolute Gasteiger partial charge is 0.457 e. The van der Waals surface area contributed by atoms with E-state index in [0.717, 1.165) is 6.08 Å². The lowest BCUT2D eigenvalue weighted by molar-refractivity contribution is -0.264. The van der Waals surface area contributed by atoms with Gasteiger partial charge in [0.25, 0.3) is 0 Å². The average molecular weight is 187 g/mol. The second kappa shape index (κ2) is 2.69. The highest BCUT2D eigenvalue weighted by atomic mass is 19.4. The van der Waals surface area contributed by atoms with Gasteiger partial charge in [-0.05, 0) is 0 Å². The van der Waals surface area contributed by atoms with Crippen LogP contribution >= 0.6 is 0 Å². The van der Waals surface area contributed by atoms with Crippen molar-refractivity contribution in [2.24, 2.45) is 0 Å². The quantitative estimate of drug-likeness (QED) is 0.486. The second-order valence-corrected chi connectivity index (χ2v) is 2.43. The van der Waals surface area contributed by atoms with Crippen molar-refractivity contribution in [1.82, 2.24) is 5.32 Å². The van der Waals surface area contributed by atoms with E-state index in [1.165, 1.54) is 0 Å². The minimum atomic E-state index is -5.48. The predicted molar refractivity (Wildman–Crippen MR) is 32.0 cm³/mol. The first-order chi connectivity index (χ1) is 5.36. The summed E-state index contributed by atoms with van der Waals surface area (Å²) < 4.78 is 59.8. The predicted octanol–water partition coefficient (Wildman–Crippen LogP) is 1.71. The van der Waals surface area contributed by atoms with Crippen molar-refractivity contribution >= 4 is 0 Å². The third kappa shape index (κ3) is 1.43. The van der Waals surface area contributed by atoms with Crippen LogP contribution in [0.3, 0.4) is 0 Å². The normalized spacial score (nSPS) is 19.6. The van der Waals surface area contributed by atoms with Gasteiger partial charge in [0.2, 0.25) is 0 Å². The van der Waals surface area contributed by atoms with E-state index < -0.39 is 24.2 Å². The summed E-state index contributed by atoms with van der Waals surface area (Å²) >= 11 is 0. The number of hydrogen-bond donors (Lipinski definition) is 1. The SMILES string of the molecule is FC(F)(F)C(F)(F)C1=CCNC1. The molecule has 0 fully saturated rings. The Morgan fingerprint density at radius 2 is 1.75 bits per heavy atom. The van der Waals surface area contributed by atoms with E-state index in [-0.39, 0.29) is 6.54 Å². The highest BCUT2D eigenvalue weighted by Gasteiger charge is 2.59. The summed E-state index contributed by atoms with van der Waals surface area (Å²) in [7, 11) is 0. The molecule has 1 nitrogen and oxygen atoms in total. The molecule has 0 saturated heterocycles. The first kappa shape index (κ1) is 9.44. The third-order valence-corrected chi connectivity index (χ3v) is 1.57. The van der Waals surface area contributed by atoms with Gasteiger partial charge in [0, 0.05) is 18.7 Å². The van der Waals surface area contributed by atoms with Crippen molar-refractivity contribution in [3.05, 3.63) is 11.6 Å². The summed E-state index contributed by atoms with van der Waals surface area (Å²) in [6.45, 7) is -0.326. The third-order valence-electron chi connectivity index (χ3n) is 1.57. The molecule has 1 aliphatic rings. The van der Waals surface area contributed by atoms with Gasteiger partial charge in [-0.1, -0.05) is 6.08 Å². The molecule has 0 aromatic carbocycles. The lowest BCUT2D eigenvalue weighted by atomic mass is 10.1. The van der Waals surface area contributed by atoms with Crippen LogP contribution in [0.5, 0.6) is 0 Å². The molecule has 0 aliphatic carbocycles. The van der Waals surface area contributed by atoms with E-state index in [9.17, 15) is 22.0 Å². The molecule has 1 aliphatic heterocycles. The van der Waals surface area contributed by atoms with Gasteiger partial charge in [-0.3, -0.25) is 0 Å². The van der Waals surface area contributed by atoms with Crippen LogP contribution in [0.4, 0.5) is 22.0 Å². The molecule has 1 heterocycles. The molecule has 0 aromatic rings. The summed E-state index contributed by atoms with van der Waals surface area (Å²) in [6, 6.07) is 0. The number of rotatable bonds is 1. The zero-order chi connectivity index (χ0) is 9.41. The van der Waals surface area contributed by atoms with E-state index in [4.69, 9.17) is 0 Å². The first-order valence-corrected chi connectivity index (χ1v) is 3.20. The van der Waals surface area contributed by atoms with Gasteiger partial charge in [-0.25, -0.2) is 0 Å². The molecule has 1 N–H and O–H groups in total. The first-order valence-electron chi connectivity index (χ1n) is 3.20. The van der Waals surface area contributed by atoms with Crippen molar-refractivity contribution in [1.29, 1.82) is 0 Å². The number of nitrogens with one attached hydrogen (secondary N) is 1. The van der Waals surface area contributed by atoms with Crippen LogP contribution in [0.1, 0.15) is 0 Å². The van der Waals surface area contributed by atoms with E-state index >= 15 is 0 Å². The molecule has 0 bridgehead atoms. The molecule has 1 rings (SSSR count). The van der Waals surface area contributed by atoms with Gasteiger partial charge in [-0.15, -0.1) is 0 Å². The summed E-state index contributed by atoms with van der Waals surface area (Å²) in [5.74, 6) is -4.68. The van der Waals surface area contributed by atoms with Crippen molar-refractivity contribution in [2.45, 2.75) is 12.1 Å². The number of halogens is 5. The van der Waals surface area contributed by atoms with Crippen LogP contribution in [-0.4, -0.2) is 25.2 Å². The smallest absolute Gasteiger partial charge is 0.309 e. The number of hydrogen-bond acceptors (Lipinski definition) is 1. The molecule has 0 unspecified atom stereocenters. The lowest BCUT2D eigenvalue weighted by Gasteiger charge is -2.20. The Kier molecular flexibility index (Phi) is 2.11. The molecule has 0 saturated carbocycles. The monoisotopic (exact) mass is 187 g/mol. The maximum atomic E-state index is 12.4. The van der Waals surface area contributed by atoms with Crippen LogP contribution in [0.15, 0.2) is 11.6 Å². The fourth-order valence-corrected chi connectivity index (χ4v) is 0.896. The van der Waals surface area contributed by atoms with Crippen LogP contribution in [0, 0.1) is 0 Å². The minimum Gasteiger partial charge on any atom is -0.309 e. The summed E-state index contributed by atoms with van der Waals surface area (Å²) in [4.78, 5) is 0. The summed E-state index contributed by atoms with van der Waals surface area (Å²) in [6.07, 6.45) is -4.61. The van der Waals surface area contributed by atoms with Gasteiger partial charge in [-0.2, -0.15) is 22.0 Å². The Bertz CT molecular complexity index is 204. The maximum Gasteiger partial charge on any atom is 0.457 e. The van der Waals surface area contributed by atoms with Gasteiger partial charge in [0.1, 0.15) is 0 Å². The fraction of sp³-hybridized carbons (Fsp3) is 0.667. The lowest BCUT2D eigenvalue weighted by Crippen LogP contribution is -2.39. The zero-order valence-corrected chi connectivity index (χ0v) is 5.88. The average Bonchev–Trinajstić information content (AvgIpc) is 2.34. The van der Waals surface area contributed by atoms with Crippen molar-refractivity contribution < 1.29 is 22.0 Å². The topological polar surface area (TPSA) is 12.0 Å². The molecule has 12 heavy (non-hydrogen) atoms. The Morgan fingerprint density at radius 1 is 1.17 bits per heavy atom. The standard InChI is InChI=1S/C6H6F5N/c7-5(8,6(9,10)11)4-1-2-12-3-4/h1,12H,2-3H2. The fourth-order valence-electron chi connectivity index (χ4n) is 0.896. The highest BCUT2D eigenvalue weighted by Crippen LogP contribution is 2.41. The van der Waals surface area contributed by atoms with Gasteiger partial charge < -0.3 is 5.32 Å². The van der Waals surface area contributed by atoms with E-state index in [2.05, 4.69) is 5.32 Å². The molecule has 70 valence electrons. The molecule has 0 amide bonds. The highest BCUT2D eigenvalue weighted by molar-refractivity contribution is 5.21. The van der Waals surface area contributed by atoms with Gasteiger partial charge in [0.05, 0.1) is 0 Å². The van der Waals surface area contributed by atoms with Crippen molar-refractivity contribution in [3.63, 3.8) is 0 Å². The van der Waals surface area contributed by atoms with Crippen LogP contribution in [0.2, 0.25) is 0 Å². The molecule has 0 radical (unpaired) electrons. The Morgan fingerprint density at radius 3 is 2.08 bits per heavy atom.